The summed E-state index contributed by atoms with van der Waals surface area (Å²) in [6.45, 7) is 5.96. The van der Waals surface area contributed by atoms with E-state index in [2.05, 4.69) is 0 Å². The predicted molar refractivity (Wildman–Crippen MR) is 51.2 cm³/mol. The van der Waals surface area contributed by atoms with E-state index >= 15 is 0 Å². The molecule has 0 fully saturated rings. The number of allylic oxidation sites excluding steroid dienone is 1. The Morgan fingerprint density at radius 2 is 2.09 bits per heavy atom. The van der Waals surface area contributed by atoms with Crippen molar-refractivity contribution in [2.75, 3.05) is 5.73 Å². The summed E-state index contributed by atoms with van der Waals surface area (Å²) in [6.07, 6.45) is 5.76. The SMILES string of the molecule is C/C=C\n1cccc1N.CC. The Labute approximate surface area is 68.3 Å². The molecule has 1 aromatic heterocycles. The molecule has 0 saturated heterocycles. The average Bonchev–Trinajstić information content (AvgIpc) is 2.42. The van der Waals surface area contributed by atoms with Crippen LogP contribution in [0, 0.1) is 0 Å². The zero-order valence-corrected chi connectivity index (χ0v) is 7.41. The molecule has 0 radical (unpaired) electrons. The van der Waals surface area contributed by atoms with E-state index in [9.17, 15) is 0 Å². The number of hydrogen-bond donors (Lipinski definition) is 1. The molecule has 1 rings (SSSR count). The third-order valence-corrected chi connectivity index (χ3v) is 1.12. The van der Waals surface area contributed by atoms with Crippen molar-refractivity contribution in [3.05, 3.63) is 24.4 Å². The zero-order chi connectivity index (χ0) is 8.69. The van der Waals surface area contributed by atoms with Gasteiger partial charge in [0.2, 0.25) is 0 Å². The molecule has 11 heavy (non-hydrogen) atoms. The van der Waals surface area contributed by atoms with Crippen molar-refractivity contribution in [3.8, 4) is 0 Å². The fourth-order valence-corrected chi connectivity index (χ4v) is 0.703. The molecule has 2 N–H and O–H groups in total. The summed E-state index contributed by atoms with van der Waals surface area (Å²) >= 11 is 0. The lowest BCUT2D eigenvalue weighted by molar-refractivity contribution is 1.18. The lowest BCUT2D eigenvalue weighted by Crippen LogP contribution is -1.91. The summed E-state index contributed by atoms with van der Waals surface area (Å²) in [5.74, 6) is 0.771. The largest absolute Gasteiger partial charge is 0.385 e. The van der Waals surface area contributed by atoms with Crippen LogP contribution in [0.1, 0.15) is 20.8 Å². The Hall–Kier alpha value is -1.18. The maximum atomic E-state index is 5.54. The maximum Gasteiger partial charge on any atom is 0.107 e. The van der Waals surface area contributed by atoms with Gasteiger partial charge in [-0.05, 0) is 19.1 Å². The highest BCUT2D eigenvalue weighted by molar-refractivity contribution is 5.40. The molecule has 1 aromatic rings. The molecule has 0 aliphatic carbocycles. The second kappa shape index (κ2) is 5.59. The third-order valence-electron chi connectivity index (χ3n) is 1.12. The highest BCUT2D eigenvalue weighted by Gasteiger charge is 1.86. The Bertz CT molecular complexity index is 211. The van der Waals surface area contributed by atoms with Crippen LogP contribution < -0.4 is 5.73 Å². The normalized spacial score (nSPS) is 9.36. The second-order valence-electron chi connectivity index (χ2n) is 1.82. The van der Waals surface area contributed by atoms with Crippen LogP contribution in [-0.4, -0.2) is 4.57 Å². The van der Waals surface area contributed by atoms with Crippen molar-refractivity contribution in [1.29, 1.82) is 0 Å². The van der Waals surface area contributed by atoms with Crippen molar-refractivity contribution >= 4 is 12.0 Å². The smallest absolute Gasteiger partial charge is 0.107 e. The van der Waals surface area contributed by atoms with E-state index in [1.54, 1.807) is 0 Å². The van der Waals surface area contributed by atoms with Crippen LogP contribution in [0.25, 0.3) is 6.20 Å². The minimum Gasteiger partial charge on any atom is -0.385 e. The summed E-state index contributed by atoms with van der Waals surface area (Å²) in [4.78, 5) is 0. The first-order valence-electron chi connectivity index (χ1n) is 3.89. The van der Waals surface area contributed by atoms with Crippen LogP contribution in [0.3, 0.4) is 0 Å². The molecule has 0 saturated carbocycles. The van der Waals surface area contributed by atoms with Crippen LogP contribution in [-0.2, 0) is 0 Å². The average molecular weight is 152 g/mol. The molecule has 0 atom stereocenters. The number of anilines is 1. The summed E-state index contributed by atoms with van der Waals surface area (Å²) < 4.78 is 1.86. The number of nitrogen functional groups attached to an aromatic ring is 1. The number of nitrogens with zero attached hydrogens (tertiary/aromatic N) is 1. The molecule has 0 aliphatic heterocycles. The standard InChI is InChI=1S/C7H10N2.C2H6/c1-2-5-9-6-3-4-7(9)8;1-2/h2-6H,8H2,1H3;1-2H3/b5-2-;. The van der Waals surface area contributed by atoms with Gasteiger partial charge >= 0.3 is 0 Å². The van der Waals surface area contributed by atoms with Crippen LogP contribution in [0.4, 0.5) is 5.82 Å². The fraction of sp³-hybridized carbons (Fsp3) is 0.333. The molecular weight excluding hydrogens is 136 g/mol. The topological polar surface area (TPSA) is 30.9 Å². The number of aromatic nitrogens is 1. The second-order valence-corrected chi connectivity index (χ2v) is 1.82. The Morgan fingerprint density at radius 3 is 2.45 bits per heavy atom. The lowest BCUT2D eigenvalue weighted by atomic mass is 10.6. The Kier molecular flexibility index (Phi) is 4.99. The van der Waals surface area contributed by atoms with Gasteiger partial charge in [-0.15, -0.1) is 0 Å². The van der Waals surface area contributed by atoms with Crippen LogP contribution in [0.2, 0.25) is 0 Å². The third kappa shape index (κ3) is 2.94. The first-order valence-corrected chi connectivity index (χ1v) is 3.89. The highest BCUT2D eigenvalue weighted by Crippen LogP contribution is 2.02. The van der Waals surface area contributed by atoms with E-state index in [1.165, 1.54) is 0 Å². The van der Waals surface area contributed by atoms with E-state index in [-0.39, 0.29) is 0 Å². The van der Waals surface area contributed by atoms with Crippen molar-refractivity contribution in [2.24, 2.45) is 0 Å². The van der Waals surface area contributed by atoms with E-state index in [1.807, 2.05) is 55.9 Å². The van der Waals surface area contributed by atoms with Crippen LogP contribution in [0.5, 0.6) is 0 Å². The van der Waals surface area contributed by atoms with Gasteiger partial charge in [-0.2, -0.15) is 0 Å². The van der Waals surface area contributed by atoms with Crippen molar-refractivity contribution < 1.29 is 0 Å². The van der Waals surface area contributed by atoms with E-state index in [0.717, 1.165) is 5.82 Å². The summed E-state index contributed by atoms with van der Waals surface area (Å²) in [5.41, 5.74) is 5.54. The van der Waals surface area contributed by atoms with Gasteiger partial charge in [-0.3, -0.25) is 0 Å². The molecule has 2 nitrogen and oxygen atoms in total. The molecular formula is C9H16N2. The zero-order valence-electron chi connectivity index (χ0n) is 7.41. The fourth-order valence-electron chi connectivity index (χ4n) is 0.703. The van der Waals surface area contributed by atoms with Gasteiger partial charge in [0.25, 0.3) is 0 Å². The minimum absolute atomic E-state index is 0.771. The summed E-state index contributed by atoms with van der Waals surface area (Å²) in [7, 11) is 0. The molecule has 62 valence electrons. The lowest BCUT2D eigenvalue weighted by Gasteiger charge is -1.93. The molecule has 2 heteroatoms. The van der Waals surface area contributed by atoms with E-state index < -0.39 is 0 Å². The monoisotopic (exact) mass is 152 g/mol. The van der Waals surface area contributed by atoms with Gasteiger partial charge in [0.05, 0.1) is 0 Å². The summed E-state index contributed by atoms with van der Waals surface area (Å²) in [5, 5.41) is 0. The van der Waals surface area contributed by atoms with Crippen molar-refractivity contribution in [3.63, 3.8) is 0 Å². The summed E-state index contributed by atoms with van der Waals surface area (Å²) in [6, 6.07) is 3.77. The van der Waals surface area contributed by atoms with E-state index in [0.29, 0.717) is 0 Å². The van der Waals surface area contributed by atoms with Gasteiger partial charge in [0.1, 0.15) is 5.82 Å². The number of hydrogen-bond acceptors (Lipinski definition) is 1. The quantitative estimate of drug-likeness (QED) is 0.658. The highest BCUT2D eigenvalue weighted by atomic mass is 15.0. The molecule has 0 aromatic carbocycles. The first-order chi connectivity index (χ1) is 5.34. The van der Waals surface area contributed by atoms with Crippen molar-refractivity contribution in [1.82, 2.24) is 4.57 Å². The van der Waals surface area contributed by atoms with Gasteiger partial charge in [0.15, 0.2) is 0 Å². The van der Waals surface area contributed by atoms with Gasteiger partial charge < -0.3 is 10.3 Å². The van der Waals surface area contributed by atoms with Gasteiger partial charge in [0, 0.05) is 12.4 Å². The molecule has 1 heterocycles. The van der Waals surface area contributed by atoms with Crippen LogP contribution >= 0.6 is 0 Å². The predicted octanol–water partition coefficient (Wildman–Crippen LogP) is 2.59. The number of nitrogens with two attached hydrogens (primary N) is 1. The van der Waals surface area contributed by atoms with Gasteiger partial charge in [-0.25, -0.2) is 0 Å². The molecule has 0 unspecified atom stereocenters. The van der Waals surface area contributed by atoms with Crippen molar-refractivity contribution in [2.45, 2.75) is 20.8 Å². The molecule has 0 spiro atoms. The maximum absolute atomic E-state index is 5.54. The molecule has 0 amide bonds. The Morgan fingerprint density at radius 1 is 1.45 bits per heavy atom. The van der Waals surface area contributed by atoms with E-state index in [4.69, 9.17) is 5.73 Å². The first kappa shape index (κ1) is 9.82. The Balaban J connectivity index is 0.000000461. The van der Waals surface area contributed by atoms with Gasteiger partial charge in [-0.1, -0.05) is 19.9 Å². The molecule has 0 aliphatic rings. The molecule has 0 bridgehead atoms. The van der Waals surface area contributed by atoms with Crippen LogP contribution in [0.15, 0.2) is 24.4 Å². The number of rotatable bonds is 1. The minimum atomic E-state index is 0.771.